The lowest BCUT2D eigenvalue weighted by atomic mass is 10.0. The van der Waals surface area contributed by atoms with E-state index in [9.17, 15) is 13.6 Å². The van der Waals surface area contributed by atoms with Crippen LogP contribution in [0.2, 0.25) is 0 Å². The highest BCUT2D eigenvalue weighted by Gasteiger charge is 2.23. The number of fused-ring (bicyclic) bond motifs is 2. The lowest BCUT2D eigenvalue weighted by molar-refractivity contribution is 0.112. The van der Waals surface area contributed by atoms with E-state index in [-0.39, 0.29) is 12.4 Å². The maximum Gasteiger partial charge on any atom is 0.295 e. The van der Waals surface area contributed by atoms with Crippen molar-refractivity contribution in [1.29, 1.82) is 0 Å². The molecular formula is C24H21F2N3O2. The number of hydrogen-bond donors (Lipinski definition) is 0. The summed E-state index contributed by atoms with van der Waals surface area (Å²) in [7, 11) is 0. The summed E-state index contributed by atoms with van der Waals surface area (Å²) in [5.74, 6) is -0.329. The smallest absolute Gasteiger partial charge is 0.295 e. The first-order valence-corrected chi connectivity index (χ1v) is 10.2. The van der Waals surface area contributed by atoms with Crippen LogP contribution in [0.4, 0.5) is 14.5 Å². The molecule has 1 saturated heterocycles. The zero-order valence-electron chi connectivity index (χ0n) is 16.8. The number of hydrogen-bond acceptors (Lipinski definition) is 4. The van der Waals surface area contributed by atoms with Gasteiger partial charge in [-0.3, -0.25) is 4.79 Å². The molecule has 0 unspecified atom stereocenters. The van der Waals surface area contributed by atoms with E-state index in [0.717, 1.165) is 22.0 Å². The number of imidazole rings is 1. The summed E-state index contributed by atoms with van der Waals surface area (Å²) in [6.45, 7) is 2.78. The number of nitrogens with zero attached hydrogens (tertiary/aromatic N) is 3. The number of halogens is 2. The topological polar surface area (TPSA) is 47.4 Å². The van der Waals surface area contributed by atoms with Crippen LogP contribution in [-0.2, 0) is 11.3 Å². The van der Waals surface area contributed by atoms with Crippen molar-refractivity contribution in [2.24, 2.45) is 0 Å². The van der Waals surface area contributed by atoms with Gasteiger partial charge in [0.25, 0.3) is 6.43 Å². The molecule has 0 amide bonds. The first-order valence-electron chi connectivity index (χ1n) is 10.2. The molecule has 1 aliphatic rings. The van der Waals surface area contributed by atoms with Gasteiger partial charge in [0.15, 0.2) is 12.1 Å². The van der Waals surface area contributed by atoms with Crippen LogP contribution >= 0.6 is 0 Å². The molecule has 1 fully saturated rings. The first-order chi connectivity index (χ1) is 15.2. The summed E-state index contributed by atoms with van der Waals surface area (Å²) >= 11 is 0. The molecular weight excluding hydrogens is 400 g/mol. The molecule has 1 aromatic heterocycles. The van der Waals surface area contributed by atoms with Gasteiger partial charge in [0.1, 0.15) is 0 Å². The third-order valence-electron chi connectivity index (χ3n) is 5.80. The van der Waals surface area contributed by atoms with E-state index >= 15 is 0 Å². The Kier molecular flexibility index (Phi) is 5.11. The minimum Gasteiger partial charge on any atom is -0.378 e. The highest BCUT2D eigenvalue weighted by atomic mass is 19.3. The van der Waals surface area contributed by atoms with Crippen molar-refractivity contribution in [1.82, 2.24) is 9.55 Å². The minimum absolute atomic E-state index is 0.238. The summed E-state index contributed by atoms with van der Waals surface area (Å²) in [5, 5.41) is 2.05. The lowest BCUT2D eigenvalue weighted by Gasteiger charge is -2.29. The molecule has 5 nitrogen and oxygen atoms in total. The Morgan fingerprint density at radius 3 is 2.61 bits per heavy atom. The minimum atomic E-state index is -2.76. The van der Waals surface area contributed by atoms with Crippen molar-refractivity contribution in [2.45, 2.75) is 13.0 Å². The summed E-state index contributed by atoms with van der Waals surface area (Å²) in [4.78, 5) is 18.1. The zero-order valence-corrected chi connectivity index (χ0v) is 16.8. The molecule has 0 atom stereocenters. The number of morpholine rings is 1. The molecule has 7 heteroatoms. The van der Waals surface area contributed by atoms with Crippen molar-refractivity contribution in [3.05, 3.63) is 71.5 Å². The molecule has 1 aliphatic heterocycles. The summed E-state index contributed by atoms with van der Waals surface area (Å²) in [5.41, 5.74) is 2.90. The van der Waals surface area contributed by atoms with Crippen LogP contribution in [-0.4, -0.2) is 42.1 Å². The van der Waals surface area contributed by atoms with E-state index in [2.05, 4.69) is 9.88 Å². The zero-order chi connectivity index (χ0) is 21.4. The van der Waals surface area contributed by atoms with Gasteiger partial charge in [-0.2, -0.15) is 0 Å². The second kappa shape index (κ2) is 8.07. The average molecular weight is 421 g/mol. The van der Waals surface area contributed by atoms with Crippen molar-refractivity contribution < 1.29 is 18.3 Å². The van der Waals surface area contributed by atoms with E-state index in [1.165, 1.54) is 0 Å². The lowest BCUT2D eigenvalue weighted by Crippen LogP contribution is -2.36. The van der Waals surface area contributed by atoms with Crippen LogP contribution in [0.25, 0.3) is 21.8 Å². The van der Waals surface area contributed by atoms with Gasteiger partial charge in [-0.15, -0.1) is 0 Å². The fraction of sp³-hybridized carbons (Fsp3) is 0.250. The number of anilines is 1. The number of aldehydes is 1. The van der Waals surface area contributed by atoms with Crippen LogP contribution in [0.5, 0.6) is 0 Å². The van der Waals surface area contributed by atoms with Crippen molar-refractivity contribution >= 4 is 33.8 Å². The standard InChI is InChI=1S/C24H21F2N3O2/c25-23(26)24-27-22-18(15-30)12-19(28-8-10-31-11-9-28)13-21(22)29(24)14-17-6-3-5-16-4-1-2-7-20(16)17/h1-7,12-13,15,23H,8-11,14H2. The number of carbonyl (C=O) groups excluding carboxylic acids is 1. The Morgan fingerprint density at radius 1 is 1.06 bits per heavy atom. The number of rotatable bonds is 5. The molecule has 3 aromatic carbocycles. The van der Waals surface area contributed by atoms with Gasteiger partial charge in [0, 0.05) is 24.3 Å². The fourth-order valence-electron chi connectivity index (χ4n) is 4.28. The maximum absolute atomic E-state index is 14.0. The molecule has 0 spiro atoms. The molecule has 0 aliphatic carbocycles. The third-order valence-corrected chi connectivity index (χ3v) is 5.80. The largest absolute Gasteiger partial charge is 0.378 e. The van der Waals surface area contributed by atoms with E-state index in [1.807, 2.05) is 48.5 Å². The van der Waals surface area contributed by atoms with Crippen LogP contribution in [0.15, 0.2) is 54.6 Å². The Bertz CT molecular complexity index is 1260. The van der Waals surface area contributed by atoms with E-state index < -0.39 is 6.43 Å². The van der Waals surface area contributed by atoms with E-state index in [4.69, 9.17) is 4.74 Å². The number of benzene rings is 3. The van der Waals surface area contributed by atoms with Gasteiger partial charge in [-0.25, -0.2) is 13.8 Å². The average Bonchev–Trinajstić information content (AvgIpc) is 3.18. The maximum atomic E-state index is 14.0. The third kappa shape index (κ3) is 3.55. The van der Waals surface area contributed by atoms with Crippen molar-refractivity contribution in [3.8, 4) is 0 Å². The second-order valence-electron chi connectivity index (χ2n) is 7.62. The molecule has 5 rings (SSSR count). The van der Waals surface area contributed by atoms with Gasteiger partial charge in [0.05, 0.1) is 30.8 Å². The van der Waals surface area contributed by atoms with Gasteiger partial charge in [0.2, 0.25) is 0 Å². The molecule has 0 bridgehead atoms. The molecule has 0 N–H and O–H groups in total. The van der Waals surface area contributed by atoms with Crippen molar-refractivity contribution in [2.75, 3.05) is 31.2 Å². The van der Waals surface area contributed by atoms with Crippen LogP contribution in [0, 0.1) is 0 Å². The monoisotopic (exact) mass is 421 g/mol. The predicted octanol–water partition coefficient (Wildman–Crippen LogP) is 4.82. The summed E-state index contributed by atoms with van der Waals surface area (Å²) < 4.78 is 34.9. The quantitative estimate of drug-likeness (QED) is 0.434. The van der Waals surface area contributed by atoms with Gasteiger partial charge in [-0.05, 0) is 28.5 Å². The van der Waals surface area contributed by atoms with Gasteiger partial charge in [-0.1, -0.05) is 42.5 Å². The van der Waals surface area contributed by atoms with E-state index in [1.54, 1.807) is 10.6 Å². The highest BCUT2D eigenvalue weighted by molar-refractivity contribution is 5.97. The molecule has 31 heavy (non-hydrogen) atoms. The summed E-state index contributed by atoms with van der Waals surface area (Å²) in [6, 6.07) is 17.3. The predicted molar refractivity (Wildman–Crippen MR) is 116 cm³/mol. The first kappa shape index (κ1) is 19.6. The molecule has 4 aromatic rings. The number of aromatic nitrogens is 2. The fourth-order valence-corrected chi connectivity index (χ4v) is 4.28. The van der Waals surface area contributed by atoms with E-state index in [0.29, 0.717) is 49.2 Å². The van der Waals surface area contributed by atoms with Crippen LogP contribution in [0.3, 0.4) is 0 Å². The van der Waals surface area contributed by atoms with Crippen molar-refractivity contribution in [3.63, 3.8) is 0 Å². The highest BCUT2D eigenvalue weighted by Crippen LogP contribution is 2.32. The number of carbonyl (C=O) groups is 1. The molecule has 2 heterocycles. The number of alkyl halides is 2. The molecule has 158 valence electrons. The summed E-state index contributed by atoms with van der Waals surface area (Å²) in [6.07, 6.45) is -2.06. The number of ether oxygens (including phenoxy) is 1. The molecule has 0 radical (unpaired) electrons. The normalized spacial score (nSPS) is 14.6. The Hall–Kier alpha value is -3.32. The van der Waals surface area contributed by atoms with Crippen LogP contribution in [0.1, 0.15) is 28.2 Å². The Labute approximate surface area is 177 Å². The molecule has 0 saturated carbocycles. The van der Waals surface area contributed by atoms with Gasteiger partial charge < -0.3 is 14.2 Å². The Balaban J connectivity index is 1.69. The Morgan fingerprint density at radius 2 is 1.84 bits per heavy atom. The van der Waals surface area contributed by atoms with Crippen LogP contribution < -0.4 is 4.90 Å². The SMILES string of the molecule is O=Cc1cc(N2CCOCC2)cc2c1nc(C(F)F)n2Cc1cccc2ccccc12. The van der Waals surface area contributed by atoms with Gasteiger partial charge >= 0.3 is 0 Å². The second-order valence-corrected chi connectivity index (χ2v) is 7.62.